The van der Waals surface area contributed by atoms with Crippen molar-refractivity contribution in [2.75, 3.05) is 47.1 Å². The van der Waals surface area contributed by atoms with Gasteiger partial charge in [-0.15, -0.1) is 0 Å². The molecule has 0 atom stereocenters. The Kier molecular flexibility index (Phi) is 10.4. The van der Waals surface area contributed by atoms with Gasteiger partial charge < -0.3 is 24.8 Å². The number of hydrogen-bond donors (Lipinski definition) is 2. The molecule has 0 unspecified atom stereocenters. The van der Waals surface area contributed by atoms with E-state index in [1.54, 1.807) is 14.2 Å². The van der Waals surface area contributed by atoms with E-state index >= 15 is 0 Å². The highest BCUT2D eigenvalue weighted by Crippen LogP contribution is 2.16. The molecule has 1 rings (SSSR count). The lowest BCUT2D eigenvalue weighted by Crippen LogP contribution is -2.38. The van der Waals surface area contributed by atoms with Crippen LogP contribution in [0.25, 0.3) is 0 Å². The summed E-state index contributed by atoms with van der Waals surface area (Å²) in [5, 5.41) is 6.52. The zero-order chi connectivity index (χ0) is 16.8. The molecule has 1 aromatic carbocycles. The zero-order valence-corrected chi connectivity index (χ0v) is 14.4. The maximum Gasteiger partial charge on any atom is 0.190 e. The minimum absolute atomic E-state index is 0.653. The fraction of sp³-hybridized carbons (Fsp3) is 0.588. The first-order valence-corrected chi connectivity index (χ1v) is 8.09. The van der Waals surface area contributed by atoms with Crippen molar-refractivity contribution in [3.8, 4) is 11.5 Å². The minimum atomic E-state index is 0.653. The number of guanidine groups is 1. The normalized spacial score (nSPS) is 11.2. The van der Waals surface area contributed by atoms with E-state index in [0.29, 0.717) is 6.61 Å². The van der Waals surface area contributed by atoms with E-state index in [2.05, 4.69) is 15.6 Å². The van der Waals surface area contributed by atoms with Crippen LogP contribution in [0.3, 0.4) is 0 Å². The van der Waals surface area contributed by atoms with Gasteiger partial charge in [-0.25, -0.2) is 0 Å². The van der Waals surface area contributed by atoms with Gasteiger partial charge in [-0.1, -0.05) is 0 Å². The molecule has 23 heavy (non-hydrogen) atoms. The summed E-state index contributed by atoms with van der Waals surface area (Å²) in [7, 11) is 3.42. The van der Waals surface area contributed by atoms with Gasteiger partial charge in [0.1, 0.15) is 11.5 Å². The lowest BCUT2D eigenvalue weighted by atomic mass is 10.3. The van der Waals surface area contributed by atoms with Gasteiger partial charge in [0.2, 0.25) is 0 Å². The number of rotatable bonds is 11. The lowest BCUT2D eigenvalue weighted by Gasteiger charge is -2.12. The summed E-state index contributed by atoms with van der Waals surface area (Å²) < 4.78 is 16.1. The molecular formula is C17H29N3O3. The SMILES string of the molecule is CCOCCCNC(=NC)NCCCOc1ccc(OC)cc1. The van der Waals surface area contributed by atoms with Crippen LogP contribution in [0.15, 0.2) is 29.3 Å². The molecule has 2 N–H and O–H groups in total. The molecule has 0 saturated carbocycles. The number of ether oxygens (including phenoxy) is 3. The molecule has 0 saturated heterocycles. The monoisotopic (exact) mass is 323 g/mol. The van der Waals surface area contributed by atoms with Gasteiger partial charge in [-0.3, -0.25) is 4.99 Å². The Morgan fingerprint density at radius 1 is 1.00 bits per heavy atom. The average molecular weight is 323 g/mol. The van der Waals surface area contributed by atoms with Crippen molar-refractivity contribution >= 4 is 5.96 Å². The van der Waals surface area contributed by atoms with E-state index in [9.17, 15) is 0 Å². The molecule has 0 aliphatic heterocycles. The number of benzene rings is 1. The third-order valence-corrected chi connectivity index (χ3v) is 3.13. The Balaban J connectivity index is 2.07. The number of hydrogen-bond acceptors (Lipinski definition) is 4. The van der Waals surface area contributed by atoms with Crippen LogP contribution >= 0.6 is 0 Å². The van der Waals surface area contributed by atoms with Crippen LogP contribution in [-0.4, -0.2) is 53.0 Å². The second-order valence-corrected chi connectivity index (χ2v) is 4.85. The topological polar surface area (TPSA) is 64.1 Å². The third-order valence-electron chi connectivity index (χ3n) is 3.13. The predicted octanol–water partition coefficient (Wildman–Crippen LogP) is 2.06. The van der Waals surface area contributed by atoms with Gasteiger partial charge in [0.05, 0.1) is 13.7 Å². The summed E-state index contributed by atoms with van der Waals surface area (Å²) in [6.45, 7) is 5.85. The highest BCUT2D eigenvalue weighted by Gasteiger charge is 1.98. The Morgan fingerprint density at radius 2 is 1.61 bits per heavy atom. The van der Waals surface area contributed by atoms with Crippen molar-refractivity contribution in [3.05, 3.63) is 24.3 Å². The Morgan fingerprint density at radius 3 is 2.17 bits per heavy atom. The first kappa shape index (κ1) is 19.1. The van der Waals surface area contributed by atoms with Crippen LogP contribution in [0.4, 0.5) is 0 Å². The lowest BCUT2D eigenvalue weighted by molar-refractivity contribution is 0.145. The predicted molar refractivity (Wildman–Crippen MR) is 93.6 cm³/mol. The van der Waals surface area contributed by atoms with Gasteiger partial charge in [0.25, 0.3) is 0 Å². The maximum absolute atomic E-state index is 5.67. The number of nitrogens with zero attached hydrogens (tertiary/aromatic N) is 1. The van der Waals surface area contributed by atoms with Crippen molar-refractivity contribution < 1.29 is 14.2 Å². The second kappa shape index (κ2) is 12.6. The fourth-order valence-corrected chi connectivity index (χ4v) is 1.89. The maximum atomic E-state index is 5.67. The van der Waals surface area contributed by atoms with Crippen LogP contribution in [0.1, 0.15) is 19.8 Å². The van der Waals surface area contributed by atoms with Crippen LogP contribution in [-0.2, 0) is 4.74 Å². The van der Waals surface area contributed by atoms with Crippen LogP contribution in [0.5, 0.6) is 11.5 Å². The van der Waals surface area contributed by atoms with E-state index in [-0.39, 0.29) is 0 Å². The molecule has 130 valence electrons. The first-order valence-electron chi connectivity index (χ1n) is 8.09. The Bertz CT molecular complexity index is 435. The van der Waals surface area contributed by atoms with E-state index in [0.717, 1.165) is 56.6 Å². The highest BCUT2D eigenvalue weighted by atomic mass is 16.5. The standard InChI is InChI=1S/C17H29N3O3/c1-4-22-13-5-11-19-17(18-2)20-12-6-14-23-16-9-7-15(21-3)8-10-16/h7-10H,4-6,11-14H2,1-3H3,(H2,18,19,20). The van der Waals surface area contributed by atoms with E-state index in [1.165, 1.54) is 0 Å². The van der Waals surface area contributed by atoms with Crippen molar-refractivity contribution in [1.82, 2.24) is 10.6 Å². The summed E-state index contributed by atoms with van der Waals surface area (Å²) >= 11 is 0. The molecule has 6 heteroatoms. The van der Waals surface area contributed by atoms with Crippen LogP contribution in [0.2, 0.25) is 0 Å². The van der Waals surface area contributed by atoms with E-state index in [1.807, 2.05) is 31.2 Å². The molecule has 1 aromatic rings. The molecule has 0 aliphatic carbocycles. The van der Waals surface area contributed by atoms with Gasteiger partial charge in [-0.05, 0) is 44.0 Å². The summed E-state index contributed by atoms with van der Waals surface area (Å²) in [6.07, 6.45) is 1.86. The smallest absolute Gasteiger partial charge is 0.190 e. The quantitative estimate of drug-likeness (QED) is 0.371. The van der Waals surface area contributed by atoms with Crippen LogP contribution < -0.4 is 20.1 Å². The Labute approximate surface area is 139 Å². The van der Waals surface area contributed by atoms with E-state index < -0.39 is 0 Å². The van der Waals surface area contributed by atoms with Gasteiger partial charge >= 0.3 is 0 Å². The van der Waals surface area contributed by atoms with Crippen molar-refractivity contribution in [2.45, 2.75) is 19.8 Å². The highest BCUT2D eigenvalue weighted by molar-refractivity contribution is 5.79. The fourth-order valence-electron chi connectivity index (χ4n) is 1.89. The first-order chi connectivity index (χ1) is 11.3. The number of nitrogens with one attached hydrogen (secondary N) is 2. The number of methoxy groups -OCH3 is 1. The Hall–Kier alpha value is -1.95. The van der Waals surface area contributed by atoms with Crippen LogP contribution in [0, 0.1) is 0 Å². The molecule has 0 heterocycles. The largest absolute Gasteiger partial charge is 0.497 e. The molecule has 0 radical (unpaired) electrons. The van der Waals surface area contributed by atoms with E-state index in [4.69, 9.17) is 14.2 Å². The van der Waals surface area contributed by atoms with Gasteiger partial charge in [-0.2, -0.15) is 0 Å². The second-order valence-electron chi connectivity index (χ2n) is 4.85. The summed E-state index contributed by atoms with van der Waals surface area (Å²) in [6, 6.07) is 7.60. The summed E-state index contributed by atoms with van der Waals surface area (Å²) in [5.74, 6) is 2.49. The molecule has 6 nitrogen and oxygen atoms in total. The van der Waals surface area contributed by atoms with Crippen molar-refractivity contribution in [1.29, 1.82) is 0 Å². The number of aliphatic imine (C=N–C) groups is 1. The molecule has 0 fully saturated rings. The average Bonchev–Trinajstić information content (AvgIpc) is 2.60. The molecule has 0 spiro atoms. The zero-order valence-electron chi connectivity index (χ0n) is 14.4. The summed E-state index contributed by atoms with van der Waals surface area (Å²) in [4.78, 5) is 4.18. The van der Waals surface area contributed by atoms with Crippen molar-refractivity contribution in [2.24, 2.45) is 4.99 Å². The molecule has 0 aliphatic rings. The van der Waals surface area contributed by atoms with Crippen molar-refractivity contribution in [3.63, 3.8) is 0 Å². The molecular weight excluding hydrogens is 294 g/mol. The summed E-state index contributed by atoms with van der Waals surface area (Å²) in [5.41, 5.74) is 0. The third kappa shape index (κ3) is 8.93. The molecule has 0 amide bonds. The van der Waals surface area contributed by atoms with Gasteiger partial charge in [0.15, 0.2) is 5.96 Å². The molecule has 0 aromatic heterocycles. The van der Waals surface area contributed by atoms with Gasteiger partial charge in [0, 0.05) is 33.4 Å². The minimum Gasteiger partial charge on any atom is -0.497 e. The molecule has 0 bridgehead atoms.